The molecule has 1 amide bonds. The normalized spacial score (nSPS) is 17.7. The van der Waals surface area contributed by atoms with Gasteiger partial charge in [0.1, 0.15) is 13.2 Å². The number of fused-ring (bicyclic) bond motifs is 1. The molecule has 1 N–H and O–H groups in total. The zero-order valence-electron chi connectivity index (χ0n) is 15.2. The molecule has 0 saturated heterocycles. The molecule has 0 bridgehead atoms. The Hall–Kier alpha value is -2.49. The summed E-state index contributed by atoms with van der Waals surface area (Å²) in [6.45, 7) is 3.85. The molecular weight excluding hydrogens is 326 g/mol. The van der Waals surface area contributed by atoms with Crippen LogP contribution in [-0.2, 0) is 5.41 Å². The molecule has 4 heteroatoms. The summed E-state index contributed by atoms with van der Waals surface area (Å²) in [5.41, 5.74) is 3.04. The van der Waals surface area contributed by atoms with Gasteiger partial charge in [0, 0.05) is 17.5 Å². The van der Waals surface area contributed by atoms with E-state index in [1.807, 2.05) is 37.3 Å². The van der Waals surface area contributed by atoms with E-state index < -0.39 is 0 Å². The maximum atomic E-state index is 12.6. The lowest BCUT2D eigenvalue weighted by Gasteiger charge is -2.31. The standard InChI is InChI=1S/C22H25NO3/c1-16-5-4-6-17(13-16)21(24)23-15-22(9-2-3-10-22)18-7-8-19-20(14-18)26-12-11-25-19/h4-8,13-14H,2-3,9-12,15H2,1H3,(H,23,24). The highest BCUT2D eigenvalue weighted by Crippen LogP contribution is 2.43. The zero-order valence-corrected chi connectivity index (χ0v) is 15.2. The molecule has 4 nitrogen and oxygen atoms in total. The van der Waals surface area contributed by atoms with Crippen LogP contribution in [0.1, 0.15) is 47.2 Å². The van der Waals surface area contributed by atoms with Crippen LogP contribution in [0, 0.1) is 6.92 Å². The van der Waals surface area contributed by atoms with Gasteiger partial charge in [0.15, 0.2) is 11.5 Å². The average Bonchev–Trinajstić information content (AvgIpc) is 3.16. The maximum Gasteiger partial charge on any atom is 0.251 e. The van der Waals surface area contributed by atoms with E-state index in [4.69, 9.17) is 9.47 Å². The molecule has 0 spiro atoms. The van der Waals surface area contributed by atoms with Gasteiger partial charge in [-0.3, -0.25) is 4.79 Å². The fraction of sp³-hybridized carbons (Fsp3) is 0.409. The van der Waals surface area contributed by atoms with Crippen LogP contribution in [0.5, 0.6) is 11.5 Å². The van der Waals surface area contributed by atoms with Crippen molar-refractivity contribution in [2.24, 2.45) is 0 Å². The fourth-order valence-corrected chi connectivity index (χ4v) is 4.13. The average molecular weight is 351 g/mol. The summed E-state index contributed by atoms with van der Waals surface area (Å²) in [5.74, 6) is 1.64. The summed E-state index contributed by atoms with van der Waals surface area (Å²) in [5, 5.41) is 3.18. The predicted molar refractivity (Wildman–Crippen MR) is 101 cm³/mol. The van der Waals surface area contributed by atoms with Gasteiger partial charge in [-0.15, -0.1) is 0 Å². The van der Waals surface area contributed by atoms with E-state index >= 15 is 0 Å². The van der Waals surface area contributed by atoms with Crippen molar-refractivity contribution >= 4 is 5.91 Å². The molecule has 2 aromatic rings. The van der Waals surface area contributed by atoms with Crippen molar-refractivity contribution in [2.45, 2.75) is 38.0 Å². The van der Waals surface area contributed by atoms with Crippen molar-refractivity contribution in [1.29, 1.82) is 0 Å². The van der Waals surface area contributed by atoms with E-state index in [1.165, 1.54) is 18.4 Å². The van der Waals surface area contributed by atoms with Crippen LogP contribution in [0.2, 0.25) is 0 Å². The molecule has 1 saturated carbocycles. The lowest BCUT2D eigenvalue weighted by atomic mass is 9.78. The summed E-state index contributed by atoms with van der Waals surface area (Å²) in [4.78, 5) is 12.6. The minimum absolute atomic E-state index is 0.00230. The number of ether oxygens (including phenoxy) is 2. The number of benzene rings is 2. The third kappa shape index (κ3) is 3.28. The van der Waals surface area contributed by atoms with Gasteiger partial charge in [-0.2, -0.15) is 0 Å². The smallest absolute Gasteiger partial charge is 0.251 e. The quantitative estimate of drug-likeness (QED) is 0.905. The van der Waals surface area contributed by atoms with Crippen LogP contribution in [0.4, 0.5) is 0 Å². The molecule has 0 atom stereocenters. The molecule has 1 fully saturated rings. The second-order valence-corrected chi connectivity index (χ2v) is 7.40. The van der Waals surface area contributed by atoms with Crippen LogP contribution in [0.25, 0.3) is 0 Å². The minimum atomic E-state index is -0.0185. The van der Waals surface area contributed by atoms with Crippen LogP contribution < -0.4 is 14.8 Å². The Morgan fingerprint density at radius 1 is 1.04 bits per heavy atom. The van der Waals surface area contributed by atoms with E-state index in [2.05, 4.69) is 17.4 Å². The van der Waals surface area contributed by atoms with Crippen LogP contribution in [0.15, 0.2) is 42.5 Å². The SMILES string of the molecule is Cc1cccc(C(=O)NCC2(c3ccc4c(c3)OCCO4)CCCC2)c1. The van der Waals surface area contributed by atoms with E-state index in [1.54, 1.807) is 0 Å². The van der Waals surface area contributed by atoms with Gasteiger partial charge in [0.05, 0.1) is 0 Å². The van der Waals surface area contributed by atoms with Crippen LogP contribution in [-0.4, -0.2) is 25.7 Å². The van der Waals surface area contributed by atoms with Gasteiger partial charge in [0.25, 0.3) is 5.91 Å². The molecule has 4 rings (SSSR count). The molecule has 136 valence electrons. The number of nitrogens with one attached hydrogen (secondary N) is 1. The van der Waals surface area contributed by atoms with Crippen molar-refractivity contribution in [1.82, 2.24) is 5.32 Å². The van der Waals surface area contributed by atoms with E-state index in [0.717, 1.165) is 35.5 Å². The lowest BCUT2D eigenvalue weighted by Crippen LogP contribution is -2.39. The topological polar surface area (TPSA) is 47.6 Å². The third-order valence-corrected chi connectivity index (χ3v) is 5.58. The number of aryl methyl sites for hydroxylation is 1. The fourth-order valence-electron chi connectivity index (χ4n) is 4.13. The highest BCUT2D eigenvalue weighted by atomic mass is 16.6. The van der Waals surface area contributed by atoms with Crippen molar-refractivity contribution in [3.05, 3.63) is 59.2 Å². The molecule has 2 aliphatic rings. The number of hydrogen-bond acceptors (Lipinski definition) is 3. The second-order valence-electron chi connectivity index (χ2n) is 7.40. The van der Waals surface area contributed by atoms with Crippen molar-refractivity contribution in [3.8, 4) is 11.5 Å². The summed E-state index contributed by atoms with van der Waals surface area (Å²) in [6, 6.07) is 14.0. The number of rotatable bonds is 4. The Labute approximate surface area is 154 Å². The third-order valence-electron chi connectivity index (χ3n) is 5.58. The first-order chi connectivity index (χ1) is 12.7. The molecule has 1 aliphatic heterocycles. The lowest BCUT2D eigenvalue weighted by molar-refractivity contribution is 0.0943. The zero-order chi connectivity index (χ0) is 18.0. The van der Waals surface area contributed by atoms with Gasteiger partial charge < -0.3 is 14.8 Å². The second kappa shape index (κ2) is 7.02. The highest BCUT2D eigenvalue weighted by molar-refractivity contribution is 5.94. The summed E-state index contributed by atoms with van der Waals surface area (Å²) in [6.07, 6.45) is 4.55. The van der Waals surface area contributed by atoms with Gasteiger partial charge >= 0.3 is 0 Å². The first-order valence-electron chi connectivity index (χ1n) is 9.41. The summed E-state index contributed by atoms with van der Waals surface area (Å²) < 4.78 is 11.4. The molecule has 2 aromatic carbocycles. The highest BCUT2D eigenvalue weighted by Gasteiger charge is 2.36. The van der Waals surface area contributed by atoms with Crippen molar-refractivity contribution in [2.75, 3.05) is 19.8 Å². The molecule has 0 aromatic heterocycles. The van der Waals surface area contributed by atoms with Gasteiger partial charge in [0.2, 0.25) is 0 Å². The van der Waals surface area contributed by atoms with E-state index in [9.17, 15) is 4.79 Å². The summed E-state index contributed by atoms with van der Waals surface area (Å²) >= 11 is 0. The maximum absolute atomic E-state index is 12.6. The van der Waals surface area contributed by atoms with E-state index in [0.29, 0.717) is 19.8 Å². The Morgan fingerprint density at radius 3 is 2.58 bits per heavy atom. The number of amides is 1. The van der Waals surface area contributed by atoms with Crippen LogP contribution in [0.3, 0.4) is 0 Å². The van der Waals surface area contributed by atoms with Crippen molar-refractivity contribution < 1.29 is 14.3 Å². The molecular formula is C22H25NO3. The molecule has 1 heterocycles. The Morgan fingerprint density at radius 2 is 1.81 bits per heavy atom. The molecule has 1 aliphatic carbocycles. The number of hydrogen-bond donors (Lipinski definition) is 1. The van der Waals surface area contributed by atoms with E-state index in [-0.39, 0.29) is 11.3 Å². The summed E-state index contributed by atoms with van der Waals surface area (Å²) in [7, 11) is 0. The molecule has 0 radical (unpaired) electrons. The minimum Gasteiger partial charge on any atom is -0.486 e. The predicted octanol–water partition coefficient (Wildman–Crippen LogP) is 4.01. The monoisotopic (exact) mass is 351 g/mol. The van der Waals surface area contributed by atoms with Crippen LogP contribution >= 0.6 is 0 Å². The van der Waals surface area contributed by atoms with Gasteiger partial charge in [-0.05, 0) is 49.6 Å². The largest absolute Gasteiger partial charge is 0.486 e. The van der Waals surface area contributed by atoms with Gasteiger partial charge in [-0.25, -0.2) is 0 Å². The Bertz CT molecular complexity index is 809. The number of carbonyl (C=O) groups excluding carboxylic acids is 1. The Balaban J connectivity index is 1.54. The van der Waals surface area contributed by atoms with Gasteiger partial charge in [-0.1, -0.05) is 36.6 Å². The first-order valence-corrected chi connectivity index (χ1v) is 9.41. The molecule has 0 unspecified atom stereocenters. The Kier molecular flexibility index (Phi) is 4.58. The first kappa shape index (κ1) is 17.0. The van der Waals surface area contributed by atoms with Crippen molar-refractivity contribution in [3.63, 3.8) is 0 Å². The molecule has 26 heavy (non-hydrogen) atoms. The number of carbonyl (C=O) groups is 1.